The Morgan fingerprint density at radius 1 is 1.29 bits per heavy atom. The Hall–Kier alpha value is -1.33. The highest BCUT2D eigenvalue weighted by Gasteiger charge is 2.15. The summed E-state index contributed by atoms with van der Waals surface area (Å²) < 4.78 is 10.7. The summed E-state index contributed by atoms with van der Waals surface area (Å²) in [6.07, 6.45) is 4.46. The number of likely N-dealkylation sites (tertiary alicyclic amines) is 1. The molecule has 2 rings (SSSR count). The Bertz CT molecular complexity index is 434. The molecule has 2 heterocycles. The summed E-state index contributed by atoms with van der Waals surface area (Å²) in [5, 5.41) is 3.48. The standard InChI is InChI=1S/C16H27N3O2/c1-13(12-19-8-4-5-9-19)10-17-11-14-16(21-3)15(20-2)6-7-18-14/h6-7,13,17H,4-5,8-12H2,1-3H3. The van der Waals surface area contributed by atoms with Crippen molar-refractivity contribution in [1.29, 1.82) is 0 Å². The molecule has 1 unspecified atom stereocenters. The molecule has 21 heavy (non-hydrogen) atoms. The van der Waals surface area contributed by atoms with Gasteiger partial charge in [-0.2, -0.15) is 0 Å². The van der Waals surface area contributed by atoms with Crippen molar-refractivity contribution in [3.05, 3.63) is 18.0 Å². The van der Waals surface area contributed by atoms with Crippen LogP contribution < -0.4 is 14.8 Å². The van der Waals surface area contributed by atoms with Gasteiger partial charge in [0.1, 0.15) is 0 Å². The van der Waals surface area contributed by atoms with E-state index in [0.717, 1.165) is 23.7 Å². The van der Waals surface area contributed by atoms with E-state index >= 15 is 0 Å². The second-order valence-electron chi connectivity index (χ2n) is 5.74. The van der Waals surface area contributed by atoms with Crippen LogP contribution in [0, 0.1) is 5.92 Å². The molecule has 0 spiro atoms. The molecule has 0 bridgehead atoms. The van der Waals surface area contributed by atoms with Gasteiger partial charge in [-0.15, -0.1) is 0 Å². The second kappa shape index (κ2) is 8.20. The number of aromatic nitrogens is 1. The molecule has 5 nitrogen and oxygen atoms in total. The lowest BCUT2D eigenvalue weighted by molar-refractivity contribution is 0.282. The lowest BCUT2D eigenvalue weighted by Gasteiger charge is -2.20. The smallest absolute Gasteiger partial charge is 0.183 e. The van der Waals surface area contributed by atoms with Crippen LogP contribution in [0.4, 0.5) is 0 Å². The molecule has 1 N–H and O–H groups in total. The molecule has 5 heteroatoms. The molecule has 1 saturated heterocycles. The fourth-order valence-electron chi connectivity index (χ4n) is 2.88. The fourth-order valence-corrected chi connectivity index (χ4v) is 2.88. The van der Waals surface area contributed by atoms with Crippen molar-refractivity contribution in [2.75, 3.05) is 40.4 Å². The van der Waals surface area contributed by atoms with Crippen molar-refractivity contribution in [3.63, 3.8) is 0 Å². The third kappa shape index (κ3) is 4.58. The van der Waals surface area contributed by atoms with Crippen LogP contribution in [0.15, 0.2) is 12.3 Å². The minimum atomic E-state index is 0.639. The fraction of sp³-hybridized carbons (Fsp3) is 0.688. The Morgan fingerprint density at radius 2 is 2.05 bits per heavy atom. The van der Waals surface area contributed by atoms with Crippen molar-refractivity contribution < 1.29 is 9.47 Å². The van der Waals surface area contributed by atoms with E-state index < -0.39 is 0 Å². The first-order valence-electron chi connectivity index (χ1n) is 7.73. The van der Waals surface area contributed by atoms with Gasteiger partial charge in [-0.1, -0.05) is 6.92 Å². The van der Waals surface area contributed by atoms with Gasteiger partial charge in [-0.25, -0.2) is 0 Å². The summed E-state index contributed by atoms with van der Waals surface area (Å²) in [5.41, 5.74) is 0.894. The summed E-state index contributed by atoms with van der Waals surface area (Å²) >= 11 is 0. The van der Waals surface area contributed by atoms with E-state index in [1.54, 1.807) is 20.4 Å². The van der Waals surface area contributed by atoms with Crippen LogP contribution >= 0.6 is 0 Å². The van der Waals surface area contributed by atoms with Crippen LogP contribution in [0.1, 0.15) is 25.5 Å². The zero-order valence-electron chi connectivity index (χ0n) is 13.4. The average molecular weight is 293 g/mol. The van der Waals surface area contributed by atoms with Gasteiger partial charge in [0, 0.05) is 25.4 Å². The van der Waals surface area contributed by atoms with Gasteiger partial charge in [0.15, 0.2) is 11.5 Å². The third-order valence-electron chi connectivity index (χ3n) is 3.92. The highest BCUT2D eigenvalue weighted by molar-refractivity contribution is 5.42. The van der Waals surface area contributed by atoms with E-state index in [1.165, 1.54) is 32.5 Å². The number of hydrogen-bond donors (Lipinski definition) is 1. The Morgan fingerprint density at radius 3 is 2.71 bits per heavy atom. The van der Waals surface area contributed by atoms with Crippen LogP contribution in [0.3, 0.4) is 0 Å². The molecular weight excluding hydrogens is 266 g/mol. The van der Waals surface area contributed by atoms with Gasteiger partial charge in [-0.3, -0.25) is 4.98 Å². The zero-order valence-corrected chi connectivity index (χ0v) is 13.4. The maximum absolute atomic E-state index is 5.40. The minimum Gasteiger partial charge on any atom is -0.493 e. The summed E-state index contributed by atoms with van der Waals surface area (Å²) in [7, 11) is 3.30. The number of methoxy groups -OCH3 is 2. The molecule has 1 aromatic rings. The largest absolute Gasteiger partial charge is 0.493 e. The second-order valence-corrected chi connectivity index (χ2v) is 5.74. The van der Waals surface area contributed by atoms with Crippen molar-refractivity contribution in [2.45, 2.75) is 26.3 Å². The lowest BCUT2D eigenvalue weighted by atomic mass is 10.1. The first kappa shape index (κ1) is 16.0. The van der Waals surface area contributed by atoms with Crippen LogP contribution in [0.5, 0.6) is 11.5 Å². The minimum absolute atomic E-state index is 0.639. The third-order valence-corrected chi connectivity index (χ3v) is 3.92. The number of ether oxygens (including phenoxy) is 2. The highest BCUT2D eigenvalue weighted by Crippen LogP contribution is 2.28. The van der Waals surface area contributed by atoms with Crippen molar-refractivity contribution in [2.24, 2.45) is 5.92 Å². The maximum Gasteiger partial charge on any atom is 0.183 e. The maximum atomic E-state index is 5.40. The van der Waals surface area contributed by atoms with E-state index in [2.05, 4.69) is 22.1 Å². The van der Waals surface area contributed by atoms with Crippen molar-refractivity contribution >= 4 is 0 Å². The first-order chi connectivity index (χ1) is 10.2. The highest BCUT2D eigenvalue weighted by atomic mass is 16.5. The molecule has 1 aromatic heterocycles. The molecule has 0 saturated carbocycles. The summed E-state index contributed by atoms with van der Waals surface area (Å²) in [5.74, 6) is 2.09. The molecular formula is C16H27N3O2. The molecule has 1 aliphatic rings. The van der Waals surface area contributed by atoms with Crippen LogP contribution in [0.2, 0.25) is 0 Å². The van der Waals surface area contributed by atoms with Gasteiger partial charge < -0.3 is 19.7 Å². The van der Waals surface area contributed by atoms with E-state index in [9.17, 15) is 0 Å². The van der Waals surface area contributed by atoms with Crippen molar-refractivity contribution in [1.82, 2.24) is 15.2 Å². The zero-order chi connectivity index (χ0) is 15.1. The molecule has 0 radical (unpaired) electrons. The van der Waals surface area contributed by atoms with Crippen LogP contribution in [0.25, 0.3) is 0 Å². The average Bonchev–Trinajstić information content (AvgIpc) is 2.99. The number of nitrogens with one attached hydrogen (secondary N) is 1. The van der Waals surface area contributed by atoms with Gasteiger partial charge >= 0.3 is 0 Å². The van der Waals surface area contributed by atoms with E-state index in [-0.39, 0.29) is 0 Å². The molecule has 1 atom stereocenters. The molecule has 1 aliphatic heterocycles. The van der Waals surface area contributed by atoms with E-state index in [4.69, 9.17) is 9.47 Å². The SMILES string of the molecule is COc1ccnc(CNCC(C)CN2CCCC2)c1OC. The molecule has 0 amide bonds. The summed E-state index contributed by atoms with van der Waals surface area (Å²) in [4.78, 5) is 6.93. The van der Waals surface area contributed by atoms with Gasteiger partial charge in [0.2, 0.25) is 0 Å². The normalized spacial score (nSPS) is 16.9. The number of hydrogen-bond acceptors (Lipinski definition) is 5. The van der Waals surface area contributed by atoms with Gasteiger partial charge in [0.25, 0.3) is 0 Å². The summed E-state index contributed by atoms with van der Waals surface area (Å²) in [6, 6.07) is 1.82. The Balaban J connectivity index is 1.79. The van der Waals surface area contributed by atoms with Gasteiger partial charge in [0.05, 0.1) is 19.9 Å². The number of pyridine rings is 1. The molecule has 1 fully saturated rings. The van der Waals surface area contributed by atoms with E-state index in [1.807, 2.05) is 6.07 Å². The molecule has 0 aliphatic carbocycles. The number of nitrogens with zero attached hydrogens (tertiary/aromatic N) is 2. The number of rotatable bonds is 8. The van der Waals surface area contributed by atoms with Crippen molar-refractivity contribution in [3.8, 4) is 11.5 Å². The van der Waals surface area contributed by atoms with E-state index in [0.29, 0.717) is 12.5 Å². The lowest BCUT2D eigenvalue weighted by Crippen LogP contribution is -2.31. The molecule has 0 aromatic carbocycles. The Labute approximate surface area is 127 Å². The quantitative estimate of drug-likeness (QED) is 0.793. The van der Waals surface area contributed by atoms with Crippen LogP contribution in [-0.4, -0.2) is 50.3 Å². The molecule has 118 valence electrons. The first-order valence-corrected chi connectivity index (χ1v) is 7.73. The van der Waals surface area contributed by atoms with Crippen LogP contribution in [-0.2, 0) is 6.54 Å². The monoisotopic (exact) mass is 293 g/mol. The summed E-state index contributed by atoms with van der Waals surface area (Å²) in [6.45, 7) is 7.67. The Kier molecular flexibility index (Phi) is 6.26. The topological polar surface area (TPSA) is 46.6 Å². The van der Waals surface area contributed by atoms with Gasteiger partial charge in [-0.05, 0) is 38.4 Å². The predicted octanol–water partition coefficient (Wildman–Crippen LogP) is 1.92. The predicted molar refractivity (Wildman–Crippen MR) is 83.9 cm³/mol.